The lowest BCUT2D eigenvalue weighted by molar-refractivity contribution is -0.147. The second-order valence-electron chi connectivity index (χ2n) is 6.94. The molecule has 0 aliphatic heterocycles. The minimum absolute atomic E-state index is 0.0304. The van der Waals surface area contributed by atoms with E-state index in [9.17, 15) is 13.2 Å². The molecule has 0 bridgehead atoms. The van der Waals surface area contributed by atoms with Gasteiger partial charge >= 0.3 is 5.97 Å². The Balaban J connectivity index is 1.94. The third-order valence-corrected chi connectivity index (χ3v) is 5.67. The summed E-state index contributed by atoms with van der Waals surface area (Å²) < 4.78 is 38.4. The first-order valence-electron chi connectivity index (χ1n) is 9.15. The Morgan fingerprint density at radius 2 is 1.64 bits per heavy atom. The summed E-state index contributed by atoms with van der Waals surface area (Å²) in [5.74, 6) is -0.178. The van der Waals surface area contributed by atoms with Gasteiger partial charge in [-0.15, -0.1) is 0 Å². The van der Waals surface area contributed by atoms with E-state index in [0.29, 0.717) is 0 Å². The number of carbonyl (C=O) groups excluding carboxylic acids is 1. The molecule has 152 valence electrons. The van der Waals surface area contributed by atoms with Crippen molar-refractivity contribution in [2.24, 2.45) is 5.92 Å². The lowest BCUT2D eigenvalue weighted by Crippen LogP contribution is -2.45. The van der Waals surface area contributed by atoms with Crippen molar-refractivity contribution in [3.63, 3.8) is 0 Å². The standard InChI is InChI=1S/C21H27NO5S/c1-15(2)20(22-28(24,25)18-11-9-16(3)10-12-18)21(23)27-14-13-26-19-8-6-5-7-17(19)4/h5-12,15,20,22H,13-14H2,1-4H3/t20-/m0/s1. The summed E-state index contributed by atoms with van der Waals surface area (Å²) in [6.07, 6.45) is 0. The maximum absolute atomic E-state index is 12.6. The van der Waals surface area contributed by atoms with Gasteiger partial charge in [-0.2, -0.15) is 4.72 Å². The van der Waals surface area contributed by atoms with E-state index in [1.54, 1.807) is 26.0 Å². The fourth-order valence-corrected chi connectivity index (χ4v) is 3.84. The summed E-state index contributed by atoms with van der Waals surface area (Å²) in [4.78, 5) is 12.5. The van der Waals surface area contributed by atoms with Crippen LogP contribution in [0.4, 0.5) is 0 Å². The van der Waals surface area contributed by atoms with Gasteiger partial charge < -0.3 is 9.47 Å². The number of hydrogen-bond donors (Lipinski definition) is 1. The van der Waals surface area contributed by atoms with E-state index in [-0.39, 0.29) is 24.0 Å². The zero-order valence-electron chi connectivity index (χ0n) is 16.6. The number of benzene rings is 2. The summed E-state index contributed by atoms with van der Waals surface area (Å²) >= 11 is 0. The number of hydrogen-bond acceptors (Lipinski definition) is 5. The normalized spacial score (nSPS) is 12.6. The van der Waals surface area contributed by atoms with Gasteiger partial charge in [0.05, 0.1) is 4.90 Å². The zero-order valence-corrected chi connectivity index (χ0v) is 17.5. The molecule has 0 aromatic heterocycles. The van der Waals surface area contributed by atoms with E-state index in [1.165, 1.54) is 12.1 Å². The highest BCUT2D eigenvalue weighted by Crippen LogP contribution is 2.16. The van der Waals surface area contributed by atoms with Gasteiger partial charge in [0.2, 0.25) is 10.0 Å². The van der Waals surface area contributed by atoms with E-state index < -0.39 is 22.0 Å². The quantitative estimate of drug-likeness (QED) is 0.512. The van der Waals surface area contributed by atoms with Crippen LogP contribution in [0.3, 0.4) is 0 Å². The lowest BCUT2D eigenvalue weighted by Gasteiger charge is -2.21. The first kappa shape index (κ1) is 21.9. The smallest absolute Gasteiger partial charge is 0.324 e. The van der Waals surface area contributed by atoms with Gasteiger partial charge in [-0.1, -0.05) is 49.7 Å². The average Bonchev–Trinajstić information content (AvgIpc) is 2.64. The van der Waals surface area contributed by atoms with Gasteiger partial charge in [0.15, 0.2) is 0 Å². The fourth-order valence-electron chi connectivity index (χ4n) is 2.51. The number of rotatable bonds is 9. The molecule has 6 nitrogen and oxygen atoms in total. The molecular weight excluding hydrogens is 378 g/mol. The molecule has 2 rings (SSSR count). The SMILES string of the molecule is Cc1ccc(S(=O)(=O)N[C@H](C(=O)OCCOc2ccccc2C)C(C)C)cc1. The number of nitrogens with one attached hydrogen (secondary N) is 1. The van der Waals surface area contributed by atoms with Crippen LogP contribution in [0.15, 0.2) is 53.4 Å². The molecule has 0 aliphatic carbocycles. The third-order valence-electron chi connectivity index (χ3n) is 4.21. The number of aryl methyl sites for hydroxylation is 2. The Hall–Kier alpha value is -2.38. The van der Waals surface area contributed by atoms with E-state index in [4.69, 9.17) is 9.47 Å². The molecule has 0 aliphatic rings. The van der Waals surface area contributed by atoms with Crippen molar-refractivity contribution >= 4 is 16.0 Å². The highest BCUT2D eigenvalue weighted by molar-refractivity contribution is 7.89. The number of sulfonamides is 1. The molecule has 0 fully saturated rings. The number of esters is 1. The minimum atomic E-state index is -3.83. The van der Waals surface area contributed by atoms with Crippen LogP contribution in [-0.2, 0) is 19.6 Å². The molecule has 1 N–H and O–H groups in total. The van der Waals surface area contributed by atoms with Crippen molar-refractivity contribution in [3.8, 4) is 5.75 Å². The van der Waals surface area contributed by atoms with Crippen LogP contribution in [-0.4, -0.2) is 33.6 Å². The van der Waals surface area contributed by atoms with Crippen LogP contribution in [0.5, 0.6) is 5.75 Å². The van der Waals surface area contributed by atoms with E-state index in [2.05, 4.69) is 4.72 Å². The average molecular weight is 406 g/mol. The van der Waals surface area contributed by atoms with Crippen LogP contribution < -0.4 is 9.46 Å². The van der Waals surface area contributed by atoms with Crippen LogP contribution in [0.25, 0.3) is 0 Å². The Labute approximate surface area is 166 Å². The Morgan fingerprint density at radius 1 is 1.00 bits per heavy atom. The maximum atomic E-state index is 12.6. The molecule has 2 aromatic carbocycles. The fraction of sp³-hybridized carbons (Fsp3) is 0.381. The molecule has 0 spiro atoms. The van der Waals surface area contributed by atoms with Crippen LogP contribution in [0.1, 0.15) is 25.0 Å². The van der Waals surface area contributed by atoms with E-state index in [1.807, 2.05) is 38.1 Å². The van der Waals surface area contributed by atoms with Gasteiger partial charge in [0.25, 0.3) is 0 Å². The van der Waals surface area contributed by atoms with Gasteiger partial charge in [-0.25, -0.2) is 8.42 Å². The van der Waals surface area contributed by atoms with Crippen LogP contribution in [0.2, 0.25) is 0 Å². The van der Waals surface area contributed by atoms with Gasteiger partial charge in [-0.3, -0.25) is 4.79 Å². The van der Waals surface area contributed by atoms with Crippen molar-refractivity contribution in [3.05, 3.63) is 59.7 Å². The Bertz CT molecular complexity index is 891. The molecule has 0 saturated heterocycles. The number of para-hydroxylation sites is 1. The molecule has 0 saturated carbocycles. The van der Waals surface area contributed by atoms with E-state index >= 15 is 0 Å². The van der Waals surface area contributed by atoms with Crippen molar-refractivity contribution < 1.29 is 22.7 Å². The van der Waals surface area contributed by atoms with Crippen LogP contribution in [0, 0.1) is 19.8 Å². The van der Waals surface area contributed by atoms with Gasteiger partial charge in [0, 0.05) is 0 Å². The molecule has 0 radical (unpaired) electrons. The summed E-state index contributed by atoms with van der Waals surface area (Å²) in [6, 6.07) is 13.0. The largest absolute Gasteiger partial charge is 0.490 e. The molecule has 0 unspecified atom stereocenters. The topological polar surface area (TPSA) is 81.7 Å². The Morgan fingerprint density at radius 3 is 2.25 bits per heavy atom. The molecule has 2 aromatic rings. The summed E-state index contributed by atoms with van der Waals surface area (Å²) in [5, 5.41) is 0. The highest BCUT2D eigenvalue weighted by Gasteiger charge is 2.29. The number of ether oxygens (including phenoxy) is 2. The van der Waals surface area contributed by atoms with Crippen molar-refractivity contribution in [2.45, 2.75) is 38.6 Å². The second-order valence-corrected chi connectivity index (χ2v) is 8.65. The predicted octanol–water partition coefficient (Wildman–Crippen LogP) is 3.23. The summed E-state index contributed by atoms with van der Waals surface area (Å²) in [5.41, 5.74) is 1.94. The predicted molar refractivity (Wildman–Crippen MR) is 108 cm³/mol. The van der Waals surface area contributed by atoms with Crippen molar-refractivity contribution in [1.29, 1.82) is 0 Å². The first-order chi connectivity index (χ1) is 13.2. The monoisotopic (exact) mass is 405 g/mol. The van der Waals surface area contributed by atoms with Crippen molar-refractivity contribution in [2.75, 3.05) is 13.2 Å². The molecular formula is C21H27NO5S. The summed E-state index contributed by atoms with van der Waals surface area (Å²) in [6.45, 7) is 7.53. The third kappa shape index (κ3) is 6.07. The first-order valence-corrected chi connectivity index (χ1v) is 10.6. The zero-order chi connectivity index (χ0) is 20.7. The van der Waals surface area contributed by atoms with Crippen molar-refractivity contribution in [1.82, 2.24) is 4.72 Å². The Kier molecular flexibility index (Phi) is 7.60. The highest BCUT2D eigenvalue weighted by atomic mass is 32.2. The van der Waals surface area contributed by atoms with E-state index in [0.717, 1.165) is 16.9 Å². The molecule has 0 amide bonds. The number of carbonyl (C=O) groups is 1. The minimum Gasteiger partial charge on any atom is -0.490 e. The van der Waals surface area contributed by atoms with Gasteiger partial charge in [0.1, 0.15) is 25.0 Å². The van der Waals surface area contributed by atoms with Gasteiger partial charge in [-0.05, 0) is 43.5 Å². The molecule has 1 atom stereocenters. The maximum Gasteiger partial charge on any atom is 0.324 e. The molecule has 7 heteroatoms. The molecule has 0 heterocycles. The second kappa shape index (κ2) is 9.71. The van der Waals surface area contributed by atoms with Crippen LogP contribution >= 0.6 is 0 Å². The summed E-state index contributed by atoms with van der Waals surface area (Å²) in [7, 11) is -3.83. The lowest BCUT2D eigenvalue weighted by atomic mass is 10.1. The molecule has 28 heavy (non-hydrogen) atoms.